The van der Waals surface area contributed by atoms with E-state index in [1.54, 1.807) is 37.5 Å². The van der Waals surface area contributed by atoms with Gasteiger partial charge in [-0.2, -0.15) is 0 Å². The van der Waals surface area contributed by atoms with E-state index in [2.05, 4.69) is 10.3 Å². The third-order valence-corrected chi connectivity index (χ3v) is 4.25. The van der Waals surface area contributed by atoms with Crippen molar-refractivity contribution in [2.45, 2.75) is 19.1 Å². The first-order valence-corrected chi connectivity index (χ1v) is 8.09. The molecule has 0 aliphatic carbocycles. The minimum absolute atomic E-state index is 0.0779. The van der Waals surface area contributed by atoms with Crippen LogP contribution in [-0.2, 0) is 4.74 Å². The van der Waals surface area contributed by atoms with Crippen molar-refractivity contribution in [2.24, 2.45) is 0 Å². The molecule has 1 N–H and O–H groups in total. The normalized spacial score (nSPS) is 13.2. The maximum absolute atomic E-state index is 12.4. The Labute approximate surface area is 147 Å². The van der Waals surface area contributed by atoms with E-state index in [1.807, 2.05) is 37.3 Å². The van der Waals surface area contributed by atoms with Crippen LogP contribution < -0.4 is 5.32 Å². The lowest BCUT2D eigenvalue weighted by Gasteiger charge is -2.26. The van der Waals surface area contributed by atoms with Crippen molar-refractivity contribution >= 4 is 17.6 Å². The zero-order valence-corrected chi connectivity index (χ0v) is 14.8. The highest BCUT2D eigenvalue weighted by atomic mass is 35.5. The van der Waals surface area contributed by atoms with Gasteiger partial charge in [0.05, 0.1) is 12.1 Å². The summed E-state index contributed by atoms with van der Waals surface area (Å²) in [6.07, 6.45) is 3.22. The number of hydrogen-bond acceptors (Lipinski definition) is 3. The summed E-state index contributed by atoms with van der Waals surface area (Å²) in [6.45, 7) is 2.32. The first kappa shape index (κ1) is 18.2. The van der Waals surface area contributed by atoms with Gasteiger partial charge in [-0.3, -0.25) is 4.98 Å². The number of aromatic nitrogens is 1. The van der Waals surface area contributed by atoms with Crippen LogP contribution in [-0.4, -0.2) is 36.6 Å². The first-order chi connectivity index (χ1) is 11.5. The van der Waals surface area contributed by atoms with E-state index in [9.17, 15) is 4.79 Å². The lowest BCUT2D eigenvalue weighted by molar-refractivity contribution is 0.101. The molecule has 0 fully saturated rings. The third kappa shape index (κ3) is 4.69. The molecule has 128 valence electrons. The zero-order chi connectivity index (χ0) is 17.5. The van der Waals surface area contributed by atoms with Crippen LogP contribution >= 0.6 is 11.6 Å². The van der Waals surface area contributed by atoms with Gasteiger partial charge in [-0.05, 0) is 36.2 Å². The molecule has 0 unspecified atom stereocenters. The van der Waals surface area contributed by atoms with Crippen molar-refractivity contribution < 1.29 is 9.53 Å². The number of methoxy groups -OCH3 is 1. The van der Waals surface area contributed by atoms with Gasteiger partial charge in [0.1, 0.15) is 0 Å². The second-order valence-electron chi connectivity index (χ2n) is 5.54. The highest BCUT2D eigenvalue weighted by molar-refractivity contribution is 6.30. The highest BCUT2D eigenvalue weighted by Gasteiger charge is 2.19. The average molecular weight is 348 g/mol. The molecular formula is C18H22ClN3O2. The Balaban J connectivity index is 1.96. The summed E-state index contributed by atoms with van der Waals surface area (Å²) < 4.78 is 5.46. The van der Waals surface area contributed by atoms with E-state index >= 15 is 0 Å². The molecule has 0 saturated carbocycles. The van der Waals surface area contributed by atoms with E-state index in [0.29, 0.717) is 11.6 Å². The molecule has 2 amide bonds. The van der Waals surface area contributed by atoms with Crippen LogP contribution in [0.4, 0.5) is 4.79 Å². The molecule has 2 rings (SSSR count). The van der Waals surface area contributed by atoms with Crippen LogP contribution in [0.3, 0.4) is 0 Å². The number of carbonyl (C=O) groups excluding carboxylic acids is 1. The van der Waals surface area contributed by atoms with Crippen molar-refractivity contribution in [3.63, 3.8) is 0 Å². The number of benzene rings is 1. The Bertz CT molecular complexity index is 666. The number of pyridine rings is 1. The van der Waals surface area contributed by atoms with Gasteiger partial charge in [0.15, 0.2) is 0 Å². The largest absolute Gasteiger partial charge is 0.375 e. The number of carbonyl (C=O) groups is 1. The van der Waals surface area contributed by atoms with Gasteiger partial charge in [0.2, 0.25) is 0 Å². The molecule has 0 saturated heterocycles. The van der Waals surface area contributed by atoms with Crippen LogP contribution in [0.2, 0.25) is 5.02 Å². The van der Waals surface area contributed by atoms with Gasteiger partial charge in [-0.25, -0.2) is 4.79 Å². The van der Waals surface area contributed by atoms with E-state index < -0.39 is 0 Å². The molecule has 1 heterocycles. The molecule has 1 aromatic heterocycles. The Morgan fingerprint density at radius 1 is 1.33 bits per heavy atom. The zero-order valence-electron chi connectivity index (χ0n) is 14.1. The summed E-state index contributed by atoms with van der Waals surface area (Å²) in [5, 5.41) is 3.54. The van der Waals surface area contributed by atoms with E-state index in [0.717, 1.165) is 11.1 Å². The molecule has 0 radical (unpaired) electrons. The van der Waals surface area contributed by atoms with Gasteiger partial charge in [0.25, 0.3) is 0 Å². The molecule has 1 aromatic carbocycles. The molecule has 2 atom stereocenters. The number of nitrogens with zero attached hydrogens (tertiary/aromatic N) is 2. The number of ether oxygens (including phenoxy) is 1. The van der Waals surface area contributed by atoms with Crippen LogP contribution in [0.1, 0.15) is 30.2 Å². The smallest absolute Gasteiger partial charge is 0.317 e. The Hall–Kier alpha value is -2.11. The van der Waals surface area contributed by atoms with E-state index in [1.165, 1.54) is 0 Å². The van der Waals surface area contributed by atoms with Crippen molar-refractivity contribution in [1.82, 2.24) is 15.2 Å². The quantitative estimate of drug-likeness (QED) is 0.864. The standard InChI is InChI=1S/C18H22ClN3O2/c1-13(15-7-5-9-20-11-15)22(2)18(23)21-12-17(24-3)14-6-4-8-16(19)10-14/h4-11,13,17H,12H2,1-3H3,(H,21,23)/t13-,17-/m0/s1. The number of urea groups is 1. The number of halogens is 1. The number of hydrogen-bond donors (Lipinski definition) is 1. The number of nitrogens with one attached hydrogen (secondary N) is 1. The lowest BCUT2D eigenvalue weighted by atomic mass is 10.1. The number of rotatable bonds is 6. The van der Waals surface area contributed by atoms with Crippen LogP contribution in [0.5, 0.6) is 0 Å². The minimum atomic E-state index is -0.255. The Morgan fingerprint density at radius 3 is 2.71 bits per heavy atom. The molecule has 24 heavy (non-hydrogen) atoms. The average Bonchev–Trinajstić information content (AvgIpc) is 2.61. The van der Waals surface area contributed by atoms with Crippen molar-refractivity contribution in [2.75, 3.05) is 20.7 Å². The van der Waals surface area contributed by atoms with Gasteiger partial charge in [0, 0.05) is 38.1 Å². The van der Waals surface area contributed by atoms with E-state index in [-0.39, 0.29) is 18.2 Å². The highest BCUT2D eigenvalue weighted by Crippen LogP contribution is 2.21. The summed E-state index contributed by atoms with van der Waals surface area (Å²) in [7, 11) is 3.37. The summed E-state index contributed by atoms with van der Waals surface area (Å²) in [5.41, 5.74) is 1.90. The van der Waals surface area contributed by atoms with Gasteiger partial charge in [-0.15, -0.1) is 0 Å². The summed E-state index contributed by atoms with van der Waals surface area (Å²) in [4.78, 5) is 18.1. The molecule has 0 spiro atoms. The number of amides is 2. The predicted molar refractivity (Wildman–Crippen MR) is 95.0 cm³/mol. The SMILES string of the molecule is CO[C@@H](CNC(=O)N(C)[C@@H](C)c1cccnc1)c1cccc(Cl)c1. The van der Waals surface area contributed by atoms with Crippen LogP contribution in [0, 0.1) is 0 Å². The third-order valence-electron chi connectivity index (χ3n) is 4.01. The van der Waals surface area contributed by atoms with Crippen LogP contribution in [0.25, 0.3) is 0 Å². The fraction of sp³-hybridized carbons (Fsp3) is 0.333. The second-order valence-corrected chi connectivity index (χ2v) is 5.98. The van der Waals surface area contributed by atoms with Crippen molar-refractivity contribution in [3.05, 3.63) is 64.9 Å². The molecule has 2 aromatic rings. The summed E-state index contributed by atoms with van der Waals surface area (Å²) >= 11 is 6.01. The van der Waals surface area contributed by atoms with Gasteiger partial charge < -0.3 is 15.0 Å². The summed E-state index contributed by atoms with van der Waals surface area (Å²) in [6, 6.07) is 11.0. The van der Waals surface area contributed by atoms with Gasteiger partial charge >= 0.3 is 6.03 Å². The molecular weight excluding hydrogens is 326 g/mol. The second kappa shape index (κ2) is 8.66. The van der Waals surface area contributed by atoms with E-state index in [4.69, 9.17) is 16.3 Å². The van der Waals surface area contributed by atoms with Crippen molar-refractivity contribution in [3.8, 4) is 0 Å². The van der Waals surface area contributed by atoms with Gasteiger partial charge in [-0.1, -0.05) is 29.8 Å². The molecule has 0 aliphatic heterocycles. The Kier molecular flexibility index (Phi) is 6.58. The predicted octanol–water partition coefficient (Wildman–Crippen LogP) is 3.83. The maximum atomic E-state index is 12.4. The lowest BCUT2D eigenvalue weighted by Crippen LogP contribution is -2.40. The fourth-order valence-corrected chi connectivity index (χ4v) is 2.57. The minimum Gasteiger partial charge on any atom is -0.375 e. The summed E-state index contributed by atoms with van der Waals surface area (Å²) in [5.74, 6) is 0. The first-order valence-electron chi connectivity index (χ1n) is 7.71. The molecule has 0 aliphatic rings. The topological polar surface area (TPSA) is 54.5 Å². The molecule has 5 nitrogen and oxygen atoms in total. The maximum Gasteiger partial charge on any atom is 0.317 e. The van der Waals surface area contributed by atoms with Crippen LogP contribution in [0.15, 0.2) is 48.8 Å². The monoisotopic (exact) mass is 347 g/mol. The van der Waals surface area contributed by atoms with Crippen molar-refractivity contribution in [1.29, 1.82) is 0 Å². The molecule has 6 heteroatoms. The molecule has 0 bridgehead atoms. The Morgan fingerprint density at radius 2 is 2.08 bits per heavy atom. The fourth-order valence-electron chi connectivity index (χ4n) is 2.37.